The normalized spacial score (nSPS) is 10.0. The summed E-state index contributed by atoms with van der Waals surface area (Å²) in [6.45, 7) is 4.95. The summed E-state index contributed by atoms with van der Waals surface area (Å²) in [6, 6.07) is 0. The molecule has 3 aromatic rings. The molecule has 0 spiro atoms. The van der Waals surface area contributed by atoms with E-state index in [-0.39, 0.29) is 66.4 Å². The van der Waals surface area contributed by atoms with Gasteiger partial charge in [0.25, 0.3) is 0 Å². The zero-order chi connectivity index (χ0) is 36.6. The maximum Gasteiger partial charge on any atom is 1.00 e. The summed E-state index contributed by atoms with van der Waals surface area (Å²) in [5.41, 5.74) is 2.03. The van der Waals surface area contributed by atoms with E-state index < -0.39 is 40.9 Å². The molecule has 3 rings (SSSR count). The van der Waals surface area contributed by atoms with Gasteiger partial charge in [0.1, 0.15) is 0 Å². The number of rotatable bonds is 6. The van der Waals surface area contributed by atoms with Crippen molar-refractivity contribution in [2.45, 2.75) is 32.3 Å². The molecule has 10 nitrogen and oxygen atoms in total. The number of halogens is 6. The van der Waals surface area contributed by atoms with Gasteiger partial charge in [-0.25, -0.2) is 34.1 Å². The Labute approximate surface area is 349 Å². The first-order valence-electron chi connectivity index (χ1n) is 12.3. The molecule has 29 heteroatoms. The minimum absolute atomic E-state index is 0. The van der Waals surface area contributed by atoms with E-state index in [0.717, 1.165) is 12.7 Å². The SMILES string of the molecule is CC(=O)c1cnc(Cl)nc1.CC(Cl)c1cnc(Cl)nc1.CC(O)c1cnc(Cl)nc1.CO.O=S(Cl)Cl.[B].[B]B([B])B(B([B])[B])B([B])[B].[H-].[Na+]. The van der Waals surface area contributed by atoms with Gasteiger partial charge in [-0.1, -0.05) is 0 Å². The topological polar surface area (TPSA) is 152 Å². The van der Waals surface area contributed by atoms with Gasteiger partial charge in [0, 0.05) is 157 Å². The molecule has 235 valence electrons. The minimum atomic E-state index is -1.67. The third-order valence-corrected chi connectivity index (χ3v) is 5.42. The number of aromatic nitrogens is 6. The van der Waals surface area contributed by atoms with Crippen LogP contribution in [-0.2, 0) is 9.23 Å². The molecule has 0 fully saturated rings. The number of Topliss-reactive ketones (excluding diaryl/α,β-unsaturated/α-hetero) is 1. The number of hydrogen-bond acceptors (Lipinski definition) is 10. The van der Waals surface area contributed by atoms with Crippen LogP contribution in [0.5, 0.6) is 0 Å². The first kappa shape index (κ1) is 57.8. The minimum Gasteiger partial charge on any atom is -1.00 e. The quantitative estimate of drug-likeness (QED) is 0.0997. The van der Waals surface area contributed by atoms with Crippen molar-refractivity contribution in [3.63, 3.8) is 0 Å². The molecule has 0 aliphatic rings. The van der Waals surface area contributed by atoms with Crippen LogP contribution in [0.15, 0.2) is 37.2 Å². The predicted octanol–water partition coefficient (Wildman–Crippen LogP) is -1.48. The third kappa shape index (κ3) is 32.3. The Morgan fingerprint density at radius 3 is 1.19 bits per heavy atom. The van der Waals surface area contributed by atoms with Crippen LogP contribution in [0.2, 0.25) is 15.9 Å². The van der Waals surface area contributed by atoms with E-state index in [1.165, 1.54) is 31.7 Å². The van der Waals surface area contributed by atoms with Crippen LogP contribution in [0.1, 0.15) is 55.2 Å². The van der Waals surface area contributed by atoms with E-state index in [1.54, 1.807) is 19.3 Å². The average molecular weight is 786 g/mol. The Morgan fingerprint density at radius 1 is 0.750 bits per heavy atom. The van der Waals surface area contributed by atoms with Gasteiger partial charge >= 0.3 is 29.6 Å². The second-order valence-electron chi connectivity index (χ2n) is 8.15. The van der Waals surface area contributed by atoms with E-state index in [9.17, 15) is 4.79 Å². The van der Waals surface area contributed by atoms with Crippen LogP contribution in [0, 0.1) is 0 Å². The Bertz CT molecular complexity index is 1180. The number of alkyl halides is 1. The van der Waals surface area contributed by atoms with E-state index in [2.05, 4.69) is 51.3 Å². The number of nitrogens with zero attached hydrogens (tertiary/aromatic N) is 6. The maximum atomic E-state index is 10.6. The van der Waals surface area contributed by atoms with Crippen molar-refractivity contribution in [1.29, 1.82) is 0 Å². The molecule has 0 amide bonds. The van der Waals surface area contributed by atoms with Crippen molar-refractivity contribution in [3.05, 3.63) is 69.7 Å². The molecule has 0 aliphatic heterocycles. The molecule has 2 unspecified atom stereocenters. The van der Waals surface area contributed by atoms with Crippen LogP contribution in [0.4, 0.5) is 0 Å². The Balaban J connectivity index is -0.000000117. The largest absolute Gasteiger partial charge is 1.00 e. The number of carbonyl (C=O) groups is 1. The molecule has 0 bridgehead atoms. The van der Waals surface area contributed by atoms with Crippen LogP contribution in [0.3, 0.4) is 0 Å². The molecule has 0 saturated heterocycles. The van der Waals surface area contributed by atoms with E-state index in [4.69, 9.17) is 107 Å². The second-order valence-corrected chi connectivity index (χ2v) is 12.3. The molecule has 0 aromatic carbocycles. The van der Waals surface area contributed by atoms with Crippen LogP contribution < -0.4 is 29.6 Å². The molecule has 48 heavy (non-hydrogen) atoms. The van der Waals surface area contributed by atoms with Crippen molar-refractivity contribution in [3.8, 4) is 0 Å². The van der Waals surface area contributed by atoms with E-state index in [0.29, 0.717) is 11.1 Å². The number of aliphatic hydroxyl groups is 2. The molecule has 15 radical (unpaired) electrons. The van der Waals surface area contributed by atoms with Crippen molar-refractivity contribution in [2.24, 2.45) is 0 Å². The summed E-state index contributed by atoms with van der Waals surface area (Å²) in [4.78, 5) is 32.8. The van der Waals surface area contributed by atoms with Gasteiger partial charge in [0.05, 0.1) is 17.0 Å². The van der Waals surface area contributed by atoms with Gasteiger partial charge < -0.3 is 11.6 Å². The summed E-state index contributed by atoms with van der Waals surface area (Å²) >= 11 is 22.0. The molecular formula is C19H23B11Cl6N6NaO4S. The standard InChI is InChI=1S/C6H6Cl2N2.C6H7ClN2O.C6H5ClN2O.CH4O.B10.B.Cl2OS.Na.H/c1-4(7)5-2-9-6(8)10-3-5;2*1-4(10)5-2-8-6(7)9-3-5;1-2;1-7(2)10(8(3)4)9(5)6;;1-4(2)3;;/h2-4H,1H3;2-4,10H,1H3;2-3H,1H3;2H,1H3;;;;;/q;;;;;;;+1;-1. The van der Waals surface area contributed by atoms with Gasteiger partial charge in [-0.3, -0.25) is 4.79 Å². The van der Waals surface area contributed by atoms with Crippen molar-refractivity contribution < 1.29 is 50.2 Å². The molecule has 3 aromatic heterocycles. The molecule has 0 aliphatic carbocycles. The van der Waals surface area contributed by atoms with Crippen LogP contribution >= 0.6 is 67.8 Å². The molecular weight excluding hydrogens is 763 g/mol. The summed E-state index contributed by atoms with van der Waals surface area (Å²) in [6.07, 6.45) is 6.06. The van der Waals surface area contributed by atoms with E-state index >= 15 is 0 Å². The van der Waals surface area contributed by atoms with Crippen molar-refractivity contribution in [2.75, 3.05) is 7.11 Å². The zero-order valence-electron chi connectivity index (χ0n) is 27.5. The summed E-state index contributed by atoms with van der Waals surface area (Å²) in [7, 11) is 40.1. The van der Waals surface area contributed by atoms with E-state index in [1.807, 2.05) is 6.92 Å². The van der Waals surface area contributed by atoms with Crippen LogP contribution in [-0.4, -0.2) is 138 Å². The van der Waals surface area contributed by atoms with Gasteiger partial charge in [-0.15, -0.1) is 11.6 Å². The average Bonchev–Trinajstić information content (AvgIpc) is 2.95. The third-order valence-electron chi connectivity index (χ3n) is 4.58. The monoisotopic (exact) mass is 785 g/mol. The second kappa shape index (κ2) is 34.5. The number of carbonyl (C=O) groups excluding carboxylic acids is 1. The summed E-state index contributed by atoms with van der Waals surface area (Å²) in [5.74, 6) is -0.0586. The molecule has 3 heterocycles. The van der Waals surface area contributed by atoms with Gasteiger partial charge in [-0.2, -0.15) is 0 Å². The van der Waals surface area contributed by atoms with Crippen LogP contribution in [0.25, 0.3) is 0 Å². The molecule has 2 atom stereocenters. The fourth-order valence-corrected chi connectivity index (χ4v) is 2.74. The molecule has 2 N–H and O–H groups in total. The predicted molar refractivity (Wildman–Crippen MR) is 208 cm³/mol. The smallest absolute Gasteiger partial charge is 1.00 e. The summed E-state index contributed by atoms with van der Waals surface area (Å²) in [5, 5.41) is 16.5. The van der Waals surface area contributed by atoms with Gasteiger partial charge in [0.2, 0.25) is 25.1 Å². The number of ketones is 1. The fourth-order valence-electron chi connectivity index (χ4n) is 2.33. The first-order valence-corrected chi connectivity index (χ1v) is 16.6. The molecule has 0 saturated carbocycles. The zero-order valence-corrected chi connectivity index (χ0v) is 33.9. The van der Waals surface area contributed by atoms with Crippen molar-refractivity contribution >= 4 is 163 Å². The summed E-state index contributed by atoms with van der Waals surface area (Å²) < 4.78 is 9.09. The Kier molecular flexibility index (Phi) is 41.5. The maximum absolute atomic E-state index is 10.6. The Morgan fingerprint density at radius 2 is 1.00 bits per heavy atom. The number of hydrogen-bond donors (Lipinski definition) is 2. The van der Waals surface area contributed by atoms with Crippen molar-refractivity contribution in [1.82, 2.24) is 29.9 Å². The van der Waals surface area contributed by atoms with Gasteiger partial charge in [0.15, 0.2) is 5.78 Å². The fraction of sp³-hybridized carbons (Fsp3) is 0.316. The number of aliphatic hydroxyl groups excluding tert-OH is 2. The first-order chi connectivity index (χ1) is 21.3. The van der Waals surface area contributed by atoms with Gasteiger partial charge in [-0.05, 0) is 55.6 Å². The Hall–Kier alpha value is 0.434.